The molecule has 10 N–H and O–H groups in total. The minimum absolute atomic E-state index is 0.0244. The molecule has 2 amide bonds. The first-order valence-electron chi connectivity index (χ1n) is 17.9. The number of amides is 2. The fourth-order valence-electron chi connectivity index (χ4n) is 6.01. The van der Waals surface area contributed by atoms with Gasteiger partial charge in [0.1, 0.15) is 36.3 Å². The molecule has 336 valence electrons. The number of anilines is 1. The van der Waals surface area contributed by atoms with E-state index in [1.807, 2.05) is 20.8 Å². The highest BCUT2D eigenvalue weighted by Crippen LogP contribution is 2.61. The highest BCUT2D eigenvalue weighted by atomic mass is 32.2. The first-order valence-corrected chi connectivity index (χ1v) is 23.4. The van der Waals surface area contributed by atoms with Crippen molar-refractivity contribution in [2.75, 3.05) is 37.8 Å². The van der Waals surface area contributed by atoms with Crippen LogP contribution in [0.15, 0.2) is 24.3 Å². The lowest BCUT2D eigenvalue weighted by molar-refractivity contribution is -0.137. The Bertz CT molecular complexity index is 2110. The van der Waals surface area contributed by atoms with Gasteiger partial charge in [-0.15, -0.1) is 0 Å². The molecule has 1 aliphatic heterocycles. The molecule has 25 nitrogen and oxygen atoms in total. The number of ether oxygens (including phenoxy) is 1. The maximum Gasteiger partial charge on any atom is 0.481 e. The van der Waals surface area contributed by atoms with Gasteiger partial charge >= 0.3 is 23.5 Å². The molecule has 0 saturated carbocycles. The summed E-state index contributed by atoms with van der Waals surface area (Å²) in [6.45, 7) is 6.00. The van der Waals surface area contributed by atoms with Crippen molar-refractivity contribution in [3.8, 4) is 0 Å². The molecule has 8 unspecified atom stereocenters. The zero-order valence-electron chi connectivity index (χ0n) is 32.8. The maximum absolute atomic E-state index is 12.7. The molecule has 8 atom stereocenters. The van der Waals surface area contributed by atoms with E-state index < -0.39 is 95.9 Å². The Labute approximate surface area is 346 Å². The van der Waals surface area contributed by atoms with Crippen molar-refractivity contribution in [2.45, 2.75) is 78.1 Å². The zero-order valence-corrected chi connectivity index (χ0v) is 36.3. The van der Waals surface area contributed by atoms with E-state index in [1.54, 1.807) is 6.08 Å². The Hall–Kier alpha value is -3.03. The molecule has 29 heteroatoms. The predicted molar refractivity (Wildman–Crippen MR) is 208 cm³/mol. The summed E-state index contributed by atoms with van der Waals surface area (Å²) in [4.78, 5) is 101. The molecular formula is C31H48N7O18P3S. The number of aliphatic hydroxyl groups is 2. The fourth-order valence-corrected chi connectivity index (χ4v) is 9.55. The third-order valence-electron chi connectivity index (χ3n) is 9.73. The van der Waals surface area contributed by atoms with Gasteiger partial charge in [-0.2, -0.15) is 4.31 Å². The van der Waals surface area contributed by atoms with Gasteiger partial charge < -0.3 is 50.9 Å². The van der Waals surface area contributed by atoms with E-state index in [9.17, 15) is 62.7 Å². The van der Waals surface area contributed by atoms with Crippen LogP contribution in [0.1, 0.15) is 53.7 Å². The zero-order chi connectivity index (χ0) is 45.0. The van der Waals surface area contributed by atoms with Crippen LogP contribution in [0.25, 0.3) is 11.2 Å². The smallest absolute Gasteiger partial charge is 0.386 e. The number of phosphoric ester groups is 3. The number of hydrogen-bond acceptors (Lipinski definition) is 19. The van der Waals surface area contributed by atoms with Crippen molar-refractivity contribution in [2.24, 2.45) is 16.7 Å². The molecule has 4 rings (SSSR count). The fraction of sp³-hybridized carbons (Fsp3) is 0.645. The number of nitrogens with one attached hydrogen (secondary N) is 2. The van der Waals surface area contributed by atoms with Crippen LogP contribution in [0.2, 0.25) is 0 Å². The van der Waals surface area contributed by atoms with E-state index in [2.05, 4.69) is 34.4 Å². The number of fused-ring (bicyclic) bond motifs is 1. The third-order valence-corrected chi connectivity index (χ3v) is 13.7. The SMILES string of the molecule is CC1=CC(=O)C(CC(=O)SCCNC(=O)CCNC(=O)C(O)C(C)(C)COP(=O)(O)OP(=O)(O)OCC2OC(n3cnc4c(N)ncnc43)C(O)C2OP(=O)(O)O)C1(C)C. The predicted octanol–water partition coefficient (Wildman–Crippen LogP) is 0.226. The molecule has 2 aliphatic rings. The standard InChI is InChI=1S/C31H48N7O18P3S/c1-16-10-18(39)17(31(16,4)5)11-21(41)60-9-8-33-20(40)6-7-34-28(44)25(43)30(2,3)13-53-59(50,51)56-58(48,49)52-12-19-24(55-57(45,46)47)23(42)29(54-19)38-15-37-22-26(32)35-14-36-27(22)38/h10,14-15,17,19,23-25,29,42-43H,6-9,11-13H2,1-5H3,(H,33,40)(H,34,44)(H,48,49)(H,50,51)(H2,32,35,36)(H2,45,46,47). The summed E-state index contributed by atoms with van der Waals surface area (Å²) in [5, 5.41) is 26.2. The number of aromatic nitrogens is 4. The monoisotopic (exact) mass is 931 g/mol. The second kappa shape index (κ2) is 19.6. The van der Waals surface area contributed by atoms with Gasteiger partial charge in [-0.3, -0.25) is 37.3 Å². The molecule has 2 aromatic rings. The number of rotatable bonds is 21. The van der Waals surface area contributed by atoms with E-state index in [0.29, 0.717) is 0 Å². The number of nitrogens with zero attached hydrogens (tertiary/aromatic N) is 4. The summed E-state index contributed by atoms with van der Waals surface area (Å²) in [6, 6.07) is 0. The Kier molecular flexibility index (Phi) is 16.2. The van der Waals surface area contributed by atoms with Gasteiger partial charge in [0.05, 0.1) is 19.5 Å². The van der Waals surface area contributed by atoms with Crippen LogP contribution >= 0.6 is 35.2 Å². The molecule has 2 aromatic heterocycles. The van der Waals surface area contributed by atoms with E-state index in [-0.39, 0.29) is 59.6 Å². The van der Waals surface area contributed by atoms with Crippen molar-refractivity contribution >= 4 is 74.9 Å². The maximum atomic E-state index is 12.7. The molecule has 1 aliphatic carbocycles. The largest absolute Gasteiger partial charge is 0.481 e. The first-order chi connectivity index (χ1) is 27.6. The second-order valence-corrected chi connectivity index (χ2v) is 20.4. The van der Waals surface area contributed by atoms with Crippen molar-refractivity contribution in [3.63, 3.8) is 0 Å². The number of hydrogen-bond donors (Lipinski definition) is 9. The molecule has 1 fully saturated rings. The number of phosphoric acid groups is 3. The Balaban J connectivity index is 1.20. The van der Waals surface area contributed by atoms with Crippen LogP contribution in [-0.4, -0.2) is 128 Å². The number of nitrogens with two attached hydrogens (primary N) is 1. The summed E-state index contributed by atoms with van der Waals surface area (Å²) >= 11 is 0.986. The van der Waals surface area contributed by atoms with Gasteiger partial charge in [-0.05, 0) is 18.4 Å². The number of carbonyl (C=O) groups is 4. The van der Waals surface area contributed by atoms with Gasteiger partial charge in [-0.1, -0.05) is 45.0 Å². The quantitative estimate of drug-likeness (QED) is 0.0597. The molecule has 3 heterocycles. The summed E-state index contributed by atoms with van der Waals surface area (Å²) in [5.41, 5.74) is 4.73. The lowest BCUT2D eigenvalue weighted by Gasteiger charge is -2.30. The number of imidazole rings is 1. The normalized spacial score (nSPS) is 24.4. The van der Waals surface area contributed by atoms with Crippen LogP contribution in [-0.2, 0) is 55.5 Å². The minimum Gasteiger partial charge on any atom is -0.386 e. The molecule has 1 saturated heterocycles. The molecule has 0 spiro atoms. The van der Waals surface area contributed by atoms with Crippen LogP contribution in [0.5, 0.6) is 0 Å². The summed E-state index contributed by atoms with van der Waals surface area (Å²) in [7, 11) is -16.4. The minimum atomic E-state index is -5.59. The van der Waals surface area contributed by atoms with Crippen LogP contribution < -0.4 is 16.4 Å². The molecular weight excluding hydrogens is 883 g/mol. The van der Waals surface area contributed by atoms with Crippen molar-refractivity contribution in [1.29, 1.82) is 0 Å². The van der Waals surface area contributed by atoms with E-state index in [1.165, 1.54) is 13.8 Å². The van der Waals surface area contributed by atoms with Crippen molar-refractivity contribution < 1.29 is 85.3 Å². The molecule has 0 radical (unpaired) electrons. The van der Waals surface area contributed by atoms with Crippen LogP contribution in [0.4, 0.5) is 5.82 Å². The topological polar surface area (TPSA) is 381 Å². The summed E-state index contributed by atoms with van der Waals surface area (Å²) in [5.74, 6) is -1.80. The second-order valence-electron chi connectivity index (χ2n) is 15.0. The third kappa shape index (κ3) is 13.0. The Morgan fingerprint density at radius 2 is 1.73 bits per heavy atom. The number of thioether (sulfide) groups is 1. The number of carbonyl (C=O) groups excluding carboxylic acids is 4. The Morgan fingerprint density at radius 3 is 2.37 bits per heavy atom. The lowest BCUT2D eigenvalue weighted by Crippen LogP contribution is -2.46. The first kappa shape index (κ1) is 49.6. The highest BCUT2D eigenvalue weighted by Gasteiger charge is 2.50. The molecule has 60 heavy (non-hydrogen) atoms. The van der Waals surface area contributed by atoms with E-state index in [0.717, 1.165) is 34.6 Å². The number of aliphatic hydroxyl groups excluding tert-OH is 2. The van der Waals surface area contributed by atoms with E-state index >= 15 is 0 Å². The van der Waals surface area contributed by atoms with Crippen LogP contribution in [0.3, 0.4) is 0 Å². The van der Waals surface area contributed by atoms with Gasteiger partial charge in [-0.25, -0.2) is 28.6 Å². The molecule has 0 bridgehead atoms. The summed E-state index contributed by atoms with van der Waals surface area (Å²) in [6.07, 6.45) is -5.40. The lowest BCUT2D eigenvalue weighted by atomic mass is 9.76. The number of allylic oxidation sites excluding steroid dienone is 2. The average Bonchev–Trinajstić information content (AvgIpc) is 3.75. The Morgan fingerprint density at radius 1 is 1.07 bits per heavy atom. The van der Waals surface area contributed by atoms with Gasteiger partial charge in [0.15, 0.2) is 28.6 Å². The van der Waals surface area contributed by atoms with Crippen LogP contribution in [0, 0.1) is 16.7 Å². The molecule has 0 aromatic carbocycles. The van der Waals surface area contributed by atoms with Crippen molar-refractivity contribution in [3.05, 3.63) is 24.3 Å². The van der Waals surface area contributed by atoms with Gasteiger partial charge in [0.25, 0.3) is 0 Å². The number of nitrogen functional groups attached to an aromatic ring is 1. The average molecular weight is 932 g/mol. The highest BCUT2D eigenvalue weighted by molar-refractivity contribution is 8.13. The van der Waals surface area contributed by atoms with Crippen molar-refractivity contribution in [1.82, 2.24) is 30.2 Å². The summed E-state index contributed by atoms with van der Waals surface area (Å²) < 4.78 is 62.2. The number of ketones is 1. The van der Waals surface area contributed by atoms with E-state index in [4.69, 9.17) is 19.5 Å². The van der Waals surface area contributed by atoms with Gasteiger partial charge in [0, 0.05) is 43.0 Å². The van der Waals surface area contributed by atoms with Gasteiger partial charge in [0.2, 0.25) is 11.8 Å².